The van der Waals surface area contributed by atoms with Crippen molar-refractivity contribution in [2.75, 3.05) is 27.7 Å². The highest BCUT2D eigenvalue weighted by molar-refractivity contribution is 5.85. The zero-order chi connectivity index (χ0) is 46.0. The van der Waals surface area contributed by atoms with Gasteiger partial charge in [0.25, 0.3) is 12.2 Å². The molecule has 3 aromatic rings. The maximum Gasteiger partial charge on any atom is 0.298 e. The number of hydrogen-bond acceptors (Lipinski definition) is 14. The molecule has 0 radical (unpaired) electrons. The molecule has 16 heteroatoms. The van der Waals surface area contributed by atoms with E-state index in [2.05, 4.69) is 88.7 Å². The molecular weight excluding hydrogens is 775 g/mol. The van der Waals surface area contributed by atoms with Gasteiger partial charge < -0.3 is 51.1 Å². The molecule has 0 heterocycles. The predicted molar refractivity (Wildman–Crippen MR) is 232 cm³/mol. The van der Waals surface area contributed by atoms with E-state index in [4.69, 9.17) is 20.4 Å². The number of non-ortho nitro benzene ring substituents is 1. The first kappa shape index (κ1) is 56.1. The number of aryl methyl sites for hydroxylation is 1. The molecule has 328 valence electrons. The van der Waals surface area contributed by atoms with Crippen LogP contribution in [0.25, 0.3) is 5.57 Å². The topological polar surface area (TPSA) is 260 Å². The number of amides is 1. The van der Waals surface area contributed by atoms with Crippen LogP contribution in [0.1, 0.15) is 68.2 Å². The van der Waals surface area contributed by atoms with Gasteiger partial charge in [0.15, 0.2) is 0 Å². The Morgan fingerprint density at radius 3 is 2.07 bits per heavy atom. The van der Waals surface area contributed by atoms with Crippen LogP contribution in [0.3, 0.4) is 0 Å². The van der Waals surface area contributed by atoms with Crippen molar-refractivity contribution in [3.05, 3.63) is 123 Å². The Morgan fingerprint density at radius 1 is 1.02 bits per heavy atom. The molecule has 0 aliphatic heterocycles. The minimum atomic E-state index is -1.05. The monoisotopic (exact) mass is 835 g/mol. The second-order valence-electron chi connectivity index (χ2n) is 12.6. The molecule has 0 fully saturated rings. The van der Waals surface area contributed by atoms with Crippen LogP contribution in [0.2, 0.25) is 0 Å². The predicted octanol–water partition coefficient (Wildman–Crippen LogP) is 4.33. The zero-order valence-electron chi connectivity index (χ0n) is 35.5. The molecule has 2 aliphatic rings. The van der Waals surface area contributed by atoms with E-state index >= 15 is 0 Å². The normalized spacial score (nSPS) is 13.8. The number of nitrogens with one attached hydrogen (secondary N) is 2. The maximum absolute atomic E-state index is 10.6. The van der Waals surface area contributed by atoms with Crippen molar-refractivity contribution >= 4 is 48.8 Å². The van der Waals surface area contributed by atoms with Gasteiger partial charge in [-0.2, -0.15) is 0 Å². The van der Waals surface area contributed by atoms with Crippen LogP contribution in [-0.2, 0) is 40.1 Å². The molecule has 5 rings (SSSR count). The number of aliphatic hydroxyl groups excluding tert-OH is 1. The Labute approximate surface area is 352 Å². The Kier molecular flexibility index (Phi) is 31.7. The standard InChI is InChI=1S/C14H15N.C9H12O.C7H5NO4.C6H11NO3.C6H11NO2.CH5N.CH2O/c15-9-14-12-7-3-1-5-10(12)11-6-2-4-8-13(11)14;1-8-3-5-9(6-4-8)7-10-2;9-5-12-7-3-1-6(2-4-7)8(10)11;1-4(3-8)7-6(10)5(2)9;1-5(9)6(7-2)3-4-8;2*1-2/h1-3,5-7,14H,4,8-9,15H2;3-6H,7H2,1-2H3;1-5H;3-5,9H,1-2H3,(H,7,10);4,6-7H,3H2,1-2H3;2H2,1H3;1H2/t;;;4?,5-;;;/m...0.../s1. The van der Waals surface area contributed by atoms with E-state index in [-0.39, 0.29) is 36.2 Å². The molecule has 16 nitrogen and oxygen atoms in total. The molecule has 2 aliphatic carbocycles. The maximum atomic E-state index is 10.6. The molecule has 60 heavy (non-hydrogen) atoms. The number of likely N-dealkylation sites (N-methyl/N-ethyl adjacent to an activating group) is 1. The molecule has 3 unspecified atom stereocenters. The van der Waals surface area contributed by atoms with Crippen LogP contribution in [0.15, 0.2) is 90.5 Å². The van der Waals surface area contributed by atoms with Crippen molar-refractivity contribution in [2.45, 2.75) is 77.7 Å². The Morgan fingerprint density at radius 2 is 1.62 bits per heavy atom. The third kappa shape index (κ3) is 21.6. The number of nitrogens with zero attached hydrogens (tertiary/aromatic N) is 1. The number of carbonyl (C=O) groups excluding carboxylic acids is 6. The second-order valence-corrected chi connectivity index (χ2v) is 12.6. The highest BCUT2D eigenvalue weighted by Gasteiger charge is 2.29. The first-order valence-electron chi connectivity index (χ1n) is 18.8. The smallest absolute Gasteiger partial charge is 0.298 e. The summed E-state index contributed by atoms with van der Waals surface area (Å²) in [4.78, 5) is 68.5. The van der Waals surface area contributed by atoms with Gasteiger partial charge in [-0.25, -0.2) is 0 Å². The summed E-state index contributed by atoms with van der Waals surface area (Å²) in [6.07, 6.45) is 7.45. The third-order valence-corrected chi connectivity index (χ3v) is 8.28. The Bertz CT molecular complexity index is 1780. The van der Waals surface area contributed by atoms with Crippen LogP contribution in [0.4, 0.5) is 5.69 Å². The number of allylic oxidation sites excluding steroid dienone is 3. The van der Waals surface area contributed by atoms with E-state index in [1.54, 1.807) is 19.7 Å². The van der Waals surface area contributed by atoms with Crippen LogP contribution in [0.5, 0.6) is 5.75 Å². The van der Waals surface area contributed by atoms with Crippen molar-refractivity contribution in [3.63, 3.8) is 0 Å². The number of methoxy groups -OCH3 is 1. The average Bonchev–Trinajstić information content (AvgIpc) is 3.59. The minimum Gasteiger partial charge on any atom is -0.429 e. The third-order valence-electron chi connectivity index (χ3n) is 8.28. The van der Waals surface area contributed by atoms with Crippen molar-refractivity contribution in [1.29, 1.82) is 0 Å². The lowest BCUT2D eigenvalue weighted by atomic mass is 9.91. The summed E-state index contributed by atoms with van der Waals surface area (Å²) >= 11 is 0. The molecule has 0 bridgehead atoms. The number of benzene rings is 3. The Hall–Kier alpha value is -6.04. The number of hydrogen-bond donors (Lipinski definition) is 5. The summed E-state index contributed by atoms with van der Waals surface area (Å²) in [5, 5.41) is 23.8. The fourth-order valence-corrected chi connectivity index (χ4v) is 5.32. The average molecular weight is 836 g/mol. The van der Waals surface area contributed by atoms with Gasteiger partial charge in [-0.05, 0) is 89.0 Å². The first-order chi connectivity index (χ1) is 28.8. The summed E-state index contributed by atoms with van der Waals surface area (Å²) in [6, 6.07) is 21.4. The van der Waals surface area contributed by atoms with E-state index in [1.807, 2.05) is 6.79 Å². The summed E-state index contributed by atoms with van der Waals surface area (Å²) in [5.41, 5.74) is 18.7. The van der Waals surface area contributed by atoms with Gasteiger partial charge in [-0.3, -0.25) is 24.5 Å². The van der Waals surface area contributed by atoms with Gasteiger partial charge in [0.1, 0.15) is 37.0 Å². The van der Waals surface area contributed by atoms with Crippen molar-refractivity contribution in [1.82, 2.24) is 10.6 Å². The lowest BCUT2D eigenvalue weighted by molar-refractivity contribution is -0.384. The van der Waals surface area contributed by atoms with Crippen LogP contribution >= 0.6 is 0 Å². The molecule has 3 aromatic carbocycles. The fraction of sp³-hybridized carbons (Fsp3) is 0.364. The van der Waals surface area contributed by atoms with Crippen LogP contribution in [0, 0.1) is 17.0 Å². The van der Waals surface area contributed by atoms with Crippen LogP contribution in [-0.4, -0.2) is 93.5 Å². The van der Waals surface area contributed by atoms with Crippen LogP contribution < -0.4 is 26.8 Å². The minimum absolute atomic E-state index is 0.00426. The molecule has 4 atom stereocenters. The zero-order valence-corrected chi connectivity index (χ0v) is 35.5. The molecule has 1 amide bonds. The first-order valence-corrected chi connectivity index (χ1v) is 18.8. The lowest BCUT2D eigenvalue weighted by Crippen LogP contribution is -2.39. The summed E-state index contributed by atoms with van der Waals surface area (Å²) in [5.74, 6) is 0.237. The van der Waals surface area contributed by atoms with Crippen molar-refractivity contribution < 1.29 is 48.3 Å². The highest BCUT2D eigenvalue weighted by atomic mass is 16.6. The summed E-state index contributed by atoms with van der Waals surface area (Å²) in [7, 11) is 4.87. The number of ether oxygens (including phenoxy) is 2. The molecule has 0 aromatic heterocycles. The van der Waals surface area contributed by atoms with Gasteiger partial charge in [-0.15, -0.1) is 0 Å². The van der Waals surface area contributed by atoms with E-state index in [9.17, 15) is 34.1 Å². The largest absolute Gasteiger partial charge is 0.429 e. The number of aliphatic hydroxyl groups is 1. The van der Waals surface area contributed by atoms with Gasteiger partial charge in [0, 0.05) is 38.1 Å². The van der Waals surface area contributed by atoms with E-state index in [1.165, 1.54) is 92.8 Å². The number of nitro benzene ring substituents is 1. The quantitative estimate of drug-likeness (QED) is 0.0913. The number of nitro groups is 1. The number of Topliss-reactive ketones (excluding diaryl/α,β-unsaturated/α-hetero) is 1. The van der Waals surface area contributed by atoms with Gasteiger partial charge in [0.2, 0.25) is 5.91 Å². The fourth-order valence-electron chi connectivity index (χ4n) is 5.32. The van der Waals surface area contributed by atoms with E-state index in [0.717, 1.165) is 12.8 Å². The lowest BCUT2D eigenvalue weighted by Gasteiger charge is -2.15. The van der Waals surface area contributed by atoms with Gasteiger partial charge in [-0.1, -0.05) is 71.8 Å². The molecule has 0 saturated carbocycles. The number of carbonyl (C=O) groups is 6. The molecule has 0 spiro atoms. The summed E-state index contributed by atoms with van der Waals surface area (Å²) in [6.45, 7) is 10.1. The SMILES string of the molecule is C=O.CC(C=O)NC(=O)[C@H](C)O.CN.CNC(CC=O)C(C)=O.COCc1ccc(C)cc1.NCC1C2=C(C=CCC2)c2ccccc21.O=COc1ccc([N+](=O)[O-])cc1. The van der Waals surface area contributed by atoms with E-state index < -0.39 is 23.0 Å². The number of rotatable bonds is 13. The number of aldehydes is 2. The number of fused-ring (bicyclic) bond motifs is 2. The van der Waals surface area contributed by atoms with Crippen molar-refractivity contribution in [2.24, 2.45) is 11.5 Å². The Balaban J connectivity index is 0. The van der Waals surface area contributed by atoms with Crippen molar-refractivity contribution in [3.8, 4) is 5.75 Å². The molecule has 7 N–H and O–H groups in total. The summed E-state index contributed by atoms with van der Waals surface area (Å²) < 4.78 is 9.41. The highest BCUT2D eigenvalue weighted by Crippen LogP contribution is 2.45. The van der Waals surface area contributed by atoms with Gasteiger partial charge in [0.05, 0.1) is 23.6 Å². The molecular formula is C44H61N5O11. The number of nitrogens with two attached hydrogens (primary N) is 2. The second kappa shape index (κ2) is 33.9. The van der Waals surface area contributed by atoms with E-state index in [0.29, 0.717) is 18.8 Å². The van der Waals surface area contributed by atoms with Gasteiger partial charge >= 0.3 is 0 Å². The number of ketones is 1. The molecule has 0 saturated heterocycles.